The lowest BCUT2D eigenvalue weighted by Gasteiger charge is -1.97. The van der Waals surface area contributed by atoms with Crippen molar-refractivity contribution in [3.05, 3.63) is 0 Å². The molecule has 0 spiro atoms. The molecule has 0 saturated carbocycles. The fourth-order valence-corrected chi connectivity index (χ4v) is 0.0567. The Morgan fingerprint density at radius 1 is 1.50 bits per heavy atom. The quantitative estimate of drug-likeness (QED) is 0.315. The third-order valence-corrected chi connectivity index (χ3v) is 0.612. The molecule has 0 aromatic rings. The van der Waals surface area contributed by atoms with Crippen molar-refractivity contribution in [3.63, 3.8) is 0 Å². The maximum atomic E-state index is 11.0. The molecule has 48 valence electrons. The van der Waals surface area contributed by atoms with Crippen molar-refractivity contribution in [1.29, 1.82) is 0 Å². The highest BCUT2D eigenvalue weighted by atomic mass is 35.5. The van der Waals surface area contributed by atoms with Crippen LogP contribution in [-0.2, 0) is 0 Å². The Morgan fingerprint density at radius 3 is 1.88 bits per heavy atom. The van der Waals surface area contributed by atoms with Crippen LogP contribution in [0.25, 0.3) is 0 Å². The molecule has 0 radical (unpaired) electrons. The molecule has 0 fully saturated rings. The molecular weight excluding hydrogens is 146 g/mol. The van der Waals surface area contributed by atoms with Gasteiger partial charge in [0.1, 0.15) is 0 Å². The zero-order chi connectivity index (χ0) is 6.78. The average Bonchev–Trinajstić information content (AvgIpc) is 1.62. The van der Waals surface area contributed by atoms with Crippen LogP contribution in [0.15, 0.2) is 5.16 Å². The molecule has 1 N–H and O–H groups in total. The highest BCUT2D eigenvalue weighted by Crippen LogP contribution is 2.18. The van der Waals surface area contributed by atoms with Crippen LogP contribution in [0.3, 0.4) is 0 Å². The van der Waals surface area contributed by atoms with Gasteiger partial charge in [0, 0.05) is 0 Å². The highest BCUT2D eigenvalue weighted by molar-refractivity contribution is 6.66. The Hall–Kier alpha value is -0.450. The summed E-state index contributed by atoms with van der Waals surface area (Å²) in [6.45, 7) is 0. The van der Waals surface area contributed by atoms with Gasteiger partial charge in [-0.1, -0.05) is 16.8 Å². The van der Waals surface area contributed by atoms with Crippen molar-refractivity contribution >= 4 is 16.8 Å². The van der Waals surface area contributed by atoms with Crippen molar-refractivity contribution in [1.82, 2.24) is 0 Å². The van der Waals surface area contributed by atoms with Crippen LogP contribution in [0.5, 0.6) is 0 Å². The van der Waals surface area contributed by atoms with Gasteiger partial charge in [-0.05, 0) is 0 Å². The molecule has 0 aromatic carbocycles. The van der Waals surface area contributed by atoms with Crippen LogP contribution < -0.4 is 0 Å². The van der Waals surface area contributed by atoms with E-state index in [1.807, 2.05) is 0 Å². The van der Waals surface area contributed by atoms with Gasteiger partial charge in [-0.2, -0.15) is 13.2 Å². The van der Waals surface area contributed by atoms with Gasteiger partial charge < -0.3 is 5.21 Å². The Balaban J connectivity index is 4.03. The van der Waals surface area contributed by atoms with Gasteiger partial charge in [0.25, 0.3) is 0 Å². The Labute approximate surface area is 47.5 Å². The van der Waals surface area contributed by atoms with E-state index in [1.54, 1.807) is 5.16 Å². The van der Waals surface area contributed by atoms with Crippen molar-refractivity contribution in [2.24, 2.45) is 5.16 Å². The second kappa shape index (κ2) is 2.21. The van der Waals surface area contributed by atoms with E-state index in [0.29, 0.717) is 0 Å². The summed E-state index contributed by atoms with van der Waals surface area (Å²) in [7, 11) is 0. The zero-order valence-electron chi connectivity index (χ0n) is 3.41. The molecule has 0 aliphatic rings. The van der Waals surface area contributed by atoms with Gasteiger partial charge in [0.2, 0.25) is 5.17 Å². The molecule has 6 heteroatoms. The summed E-state index contributed by atoms with van der Waals surface area (Å²) < 4.78 is 33.1. The Bertz CT molecular complexity index is 108. The number of oxime groups is 1. The van der Waals surface area contributed by atoms with Gasteiger partial charge in [-0.3, -0.25) is 0 Å². The molecule has 0 aliphatic heterocycles. The number of hydrogen-bond donors (Lipinski definition) is 1. The first-order valence-electron chi connectivity index (χ1n) is 1.43. The second-order valence-electron chi connectivity index (χ2n) is 0.889. The van der Waals surface area contributed by atoms with Crippen LogP contribution in [0.1, 0.15) is 0 Å². The van der Waals surface area contributed by atoms with Gasteiger partial charge in [-0.15, -0.1) is 0 Å². The minimum Gasteiger partial charge on any atom is -0.410 e. The van der Waals surface area contributed by atoms with E-state index < -0.39 is 11.3 Å². The van der Waals surface area contributed by atoms with Gasteiger partial charge in [0.05, 0.1) is 0 Å². The molecule has 0 aliphatic carbocycles. The molecule has 0 atom stereocenters. The lowest BCUT2D eigenvalue weighted by atomic mass is 10.7. The molecule has 8 heavy (non-hydrogen) atoms. The molecule has 0 bridgehead atoms. The number of rotatable bonds is 0. The van der Waals surface area contributed by atoms with Crippen molar-refractivity contribution in [3.8, 4) is 0 Å². The summed E-state index contributed by atoms with van der Waals surface area (Å²) in [5.41, 5.74) is 0. The van der Waals surface area contributed by atoms with E-state index in [0.717, 1.165) is 0 Å². The van der Waals surface area contributed by atoms with E-state index in [2.05, 4.69) is 11.6 Å². The first-order valence-corrected chi connectivity index (χ1v) is 1.81. The van der Waals surface area contributed by atoms with Gasteiger partial charge in [0.15, 0.2) is 0 Å². The van der Waals surface area contributed by atoms with E-state index in [-0.39, 0.29) is 0 Å². The van der Waals surface area contributed by atoms with E-state index in [4.69, 9.17) is 5.21 Å². The first-order chi connectivity index (χ1) is 3.48. The molecule has 0 amide bonds. The zero-order valence-corrected chi connectivity index (χ0v) is 4.16. The van der Waals surface area contributed by atoms with Crippen LogP contribution in [0.4, 0.5) is 13.2 Å². The predicted octanol–water partition coefficient (Wildman–Crippen LogP) is 1.58. The fourth-order valence-electron chi connectivity index (χ4n) is 0.0567. The Kier molecular flexibility index (Phi) is 2.09. The monoisotopic (exact) mass is 147 g/mol. The van der Waals surface area contributed by atoms with Crippen molar-refractivity contribution in [2.45, 2.75) is 6.18 Å². The molecule has 2 nitrogen and oxygen atoms in total. The van der Waals surface area contributed by atoms with E-state index in [9.17, 15) is 13.2 Å². The normalized spacial score (nSPS) is 14.2. The van der Waals surface area contributed by atoms with Crippen molar-refractivity contribution in [2.75, 3.05) is 0 Å². The number of hydrogen-bond acceptors (Lipinski definition) is 2. The molecular formula is C2HClF3NO. The second-order valence-corrected chi connectivity index (χ2v) is 1.25. The van der Waals surface area contributed by atoms with Crippen LogP contribution in [-0.4, -0.2) is 16.6 Å². The fraction of sp³-hybridized carbons (Fsp3) is 0.500. The summed E-state index contributed by atoms with van der Waals surface area (Å²) >= 11 is 4.32. The topological polar surface area (TPSA) is 32.6 Å². The summed E-state index contributed by atoms with van der Waals surface area (Å²) in [6, 6.07) is 0. The largest absolute Gasteiger partial charge is 0.447 e. The van der Waals surface area contributed by atoms with E-state index in [1.165, 1.54) is 0 Å². The third-order valence-electron chi connectivity index (χ3n) is 0.322. The average molecular weight is 147 g/mol. The molecule has 0 rings (SSSR count). The van der Waals surface area contributed by atoms with Crippen LogP contribution in [0, 0.1) is 0 Å². The molecule has 0 heterocycles. The van der Waals surface area contributed by atoms with Gasteiger partial charge in [-0.25, -0.2) is 0 Å². The summed E-state index contributed by atoms with van der Waals surface area (Å²) in [4.78, 5) is 0. The third kappa shape index (κ3) is 2.02. The smallest absolute Gasteiger partial charge is 0.410 e. The number of alkyl halides is 3. The molecule has 0 saturated heterocycles. The molecule has 0 unspecified atom stereocenters. The van der Waals surface area contributed by atoms with Crippen molar-refractivity contribution < 1.29 is 18.4 Å². The lowest BCUT2D eigenvalue weighted by molar-refractivity contribution is -0.0578. The maximum Gasteiger partial charge on any atom is 0.447 e. The standard InChI is InChI=1S/C2HClF3NO/c3-1(7-8)2(4,5)6/h8H. The van der Waals surface area contributed by atoms with Crippen LogP contribution in [0.2, 0.25) is 0 Å². The summed E-state index contributed by atoms with van der Waals surface area (Å²) in [5.74, 6) is 0. The summed E-state index contributed by atoms with van der Waals surface area (Å²) in [5, 5.41) is 7.36. The summed E-state index contributed by atoms with van der Waals surface area (Å²) in [6.07, 6.45) is -4.73. The Morgan fingerprint density at radius 2 is 1.88 bits per heavy atom. The number of nitrogens with zero attached hydrogens (tertiary/aromatic N) is 1. The SMILES string of the molecule is ON=C(Cl)C(F)(F)F. The van der Waals surface area contributed by atoms with Gasteiger partial charge >= 0.3 is 6.18 Å². The predicted molar refractivity (Wildman–Crippen MR) is 21.1 cm³/mol. The molecule has 0 aromatic heterocycles. The first kappa shape index (κ1) is 7.55. The highest BCUT2D eigenvalue weighted by Gasteiger charge is 2.35. The van der Waals surface area contributed by atoms with Crippen LogP contribution >= 0.6 is 11.6 Å². The minimum atomic E-state index is -4.73. The number of halogens is 4. The lowest BCUT2D eigenvalue weighted by Crippen LogP contribution is -2.16. The minimum absolute atomic E-state index is 1.72. The maximum absolute atomic E-state index is 11.0. The van der Waals surface area contributed by atoms with E-state index >= 15 is 0 Å².